The molecule has 3 N–H and O–H groups in total. The van der Waals surface area contributed by atoms with E-state index in [1.165, 1.54) is 17.8 Å². The molecule has 1 fully saturated rings. The van der Waals surface area contributed by atoms with E-state index < -0.39 is 0 Å². The highest BCUT2D eigenvalue weighted by molar-refractivity contribution is 7.99. The highest BCUT2D eigenvalue weighted by atomic mass is 32.2. The van der Waals surface area contributed by atoms with Gasteiger partial charge in [0.1, 0.15) is 0 Å². The number of nitrogens with two attached hydrogens (primary N) is 1. The fourth-order valence-corrected chi connectivity index (χ4v) is 3.39. The Labute approximate surface area is 139 Å². The van der Waals surface area contributed by atoms with Crippen molar-refractivity contribution in [3.63, 3.8) is 0 Å². The van der Waals surface area contributed by atoms with Gasteiger partial charge in [-0.05, 0) is 19.3 Å². The van der Waals surface area contributed by atoms with Gasteiger partial charge in [-0.25, -0.2) is 4.98 Å². The summed E-state index contributed by atoms with van der Waals surface area (Å²) in [5, 5.41) is 0.456. The van der Waals surface area contributed by atoms with E-state index in [0.29, 0.717) is 18.2 Å². The summed E-state index contributed by atoms with van der Waals surface area (Å²) in [5.74, 6) is -0.495. The van der Waals surface area contributed by atoms with Gasteiger partial charge >= 0.3 is 0 Å². The van der Waals surface area contributed by atoms with Gasteiger partial charge in [0, 0.05) is 24.8 Å². The fraction of sp³-hybridized carbons (Fsp3) is 0.600. The van der Waals surface area contributed by atoms with Crippen LogP contribution in [-0.4, -0.2) is 45.5 Å². The lowest BCUT2D eigenvalue weighted by Crippen LogP contribution is -2.44. The third-order valence-electron chi connectivity index (χ3n) is 3.79. The minimum atomic E-state index is -0.353. The van der Waals surface area contributed by atoms with Gasteiger partial charge in [-0.1, -0.05) is 25.1 Å². The van der Waals surface area contributed by atoms with Crippen LogP contribution in [0.5, 0.6) is 0 Å². The van der Waals surface area contributed by atoms with Crippen molar-refractivity contribution < 1.29 is 9.59 Å². The molecule has 0 unspecified atom stereocenters. The maximum atomic E-state index is 12.3. The summed E-state index contributed by atoms with van der Waals surface area (Å²) < 4.78 is 0. The predicted molar refractivity (Wildman–Crippen MR) is 88.1 cm³/mol. The van der Waals surface area contributed by atoms with E-state index in [1.807, 2.05) is 6.92 Å². The molecule has 0 aliphatic carbocycles. The molecule has 8 heteroatoms. The van der Waals surface area contributed by atoms with Gasteiger partial charge < -0.3 is 15.6 Å². The van der Waals surface area contributed by atoms with Gasteiger partial charge in [0.05, 0.1) is 11.7 Å². The van der Waals surface area contributed by atoms with Gasteiger partial charge in [0.2, 0.25) is 11.8 Å². The molecule has 2 rings (SSSR count). The third-order valence-corrected chi connectivity index (χ3v) is 4.65. The molecule has 1 saturated heterocycles. The summed E-state index contributed by atoms with van der Waals surface area (Å²) >= 11 is 1.21. The van der Waals surface area contributed by atoms with Crippen molar-refractivity contribution in [3.05, 3.63) is 22.1 Å². The average Bonchev–Trinajstić information content (AvgIpc) is 2.52. The van der Waals surface area contributed by atoms with E-state index in [0.717, 1.165) is 31.4 Å². The topological polar surface area (TPSA) is 109 Å². The smallest absolute Gasteiger partial charge is 0.251 e. The van der Waals surface area contributed by atoms with Crippen molar-refractivity contribution in [1.82, 2.24) is 14.9 Å². The number of amides is 2. The Hall–Kier alpha value is -1.83. The second-order valence-electron chi connectivity index (χ2n) is 5.66. The lowest BCUT2D eigenvalue weighted by atomic mass is 9.97. The zero-order valence-corrected chi connectivity index (χ0v) is 14.0. The van der Waals surface area contributed by atoms with E-state index in [1.54, 1.807) is 4.90 Å². The number of carbonyl (C=O) groups excluding carboxylic acids is 2. The van der Waals surface area contributed by atoms with Crippen molar-refractivity contribution in [2.24, 2.45) is 11.7 Å². The number of nitrogens with one attached hydrogen (secondary N) is 1. The highest BCUT2D eigenvalue weighted by Crippen LogP contribution is 2.19. The summed E-state index contributed by atoms with van der Waals surface area (Å²) in [7, 11) is 0. The maximum absolute atomic E-state index is 12.3. The number of hydrogen-bond donors (Lipinski definition) is 2. The Balaban J connectivity index is 1.93. The molecule has 1 atom stereocenters. The number of primary amides is 1. The zero-order valence-electron chi connectivity index (χ0n) is 13.2. The molecule has 2 heterocycles. The van der Waals surface area contributed by atoms with Crippen LogP contribution in [0.2, 0.25) is 0 Å². The first-order valence-corrected chi connectivity index (χ1v) is 8.78. The van der Waals surface area contributed by atoms with E-state index in [9.17, 15) is 14.4 Å². The first kappa shape index (κ1) is 17.5. The Bertz CT molecular complexity index is 631. The minimum absolute atomic E-state index is 0.0653. The molecule has 23 heavy (non-hydrogen) atoms. The molecule has 0 bridgehead atoms. The Morgan fingerprint density at radius 2 is 2.30 bits per heavy atom. The molecule has 0 saturated carbocycles. The number of likely N-dealkylation sites (tertiary alicyclic amines) is 1. The van der Waals surface area contributed by atoms with E-state index in [2.05, 4.69) is 9.97 Å². The van der Waals surface area contributed by atoms with Crippen molar-refractivity contribution in [2.45, 2.75) is 37.8 Å². The normalized spacial score (nSPS) is 18.0. The standard InChI is InChI=1S/C15H22N4O3S/c1-2-4-11-7-12(20)18-15(17-11)23-9-13(21)19-6-3-5-10(8-19)14(16)22/h7,10H,2-6,8-9H2,1H3,(H2,16,22)(H,17,18,20)/t10-/m1/s1. The van der Waals surface area contributed by atoms with Gasteiger partial charge in [0.25, 0.3) is 5.56 Å². The molecule has 1 aliphatic heterocycles. The Kier molecular flexibility index (Phi) is 6.20. The van der Waals surface area contributed by atoms with Crippen LogP contribution in [-0.2, 0) is 16.0 Å². The summed E-state index contributed by atoms with van der Waals surface area (Å²) in [6, 6.07) is 1.48. The van der Waals surface area contributed by atoms with Crippen molar-refractivity contribution in [1.29, 1.82) is 0 Å². The van der Waals surface area contributed by atoms with Crippen LogP contribution in [0.1, 0.15) is 31.9 Å². The number of aryl methyl sites for hydroxylation is 1. The first-order valence-electron chi connectivity index (χ1n) is 7.79. The Morgan fingerprint density at radius 3 is 3.00 bits per heavy atom. The van der Waals surface area contributed by atoms with E-state index in [4.69, 9.17) is 5.73 Å². The average molecular weight is 338 g/mol. The number of thioether (sulfide) groups is 1. The molecule has 2 amide bonds. The number of hydrogen-bond acceptors (Lipinski definition) is 5. The van der Waals surface area contributed by atoms with Crippen LogP contribution in [0, 0.1) is 5.92 Å². The summed E-state index contributed by atoms with van der Waals surface area (Å²) in [6.45, 7) is 3.04. The molecule has 126 valence electrons. The number of H-pyrrole nitrogens is 1. The molecule has 1 aromatic heterocycles. The molecule has 0 aromatic carbocycles. The number of nitrogens with zero attached hydrogens (tertiary/aromatic N) is 2. The predicted octanol–water partition coefficient (Wildman–Crippen LogP) is 0.538. The zero-order chi connectivity index (χ0) is 16.8. The molecule has 1 aromatic rings. The van der Waals surface area contributed by atoms with Gasteiger partial charge in [-0.3, -0.25) is 14.4 Å². The minimum Gasteiger partial charge on any atom is -0.369 e. The van der Waals surface area contributed by atoms with Gasteiger partial charge in [0.15, 0.2) is 5.16 Å². The molecule has 0 radical (unpaired) electrons. The monoisotopic (exact) mass is 338 g/mol. The lowest BCUT2D eigenvalue weighted by Gasteiger charge is -2.31. The fourth-order valence-electron chi connectivity index (χ4n) is 2.59. The quantitative estimate of drug-likeness (QED) is 0.581. The van der Waals surface area contributed by atoms with Gasteiger partial charge in [-0.15, -0.1) is 0 Å². The van der Waals surface area contributed by atoms with Crippen molar-refractivity contribution >= 4 is 23.6 Å². The van der Waals surface area contributed by atoms with Crippen LogP contribution in [0.4, 0.5) is 0 Å². The third kappa shape index (κ3) is 5.09. The lowest BCUT2D eigenvalue weighted by molar-refractivity contribution is -0.132. The highest BCUT2D eigenvalue weighted by Gasteiger charge is 2.26. The van der Waals surface area contributed by atoms with Crippen molar-refractivity contribution in [2.75, 3.05) is 18.8 Å². The molecular formula is C15H22N4O3S. The number of aromatic nitrogens is 2. The number of carbonyl (C=O) groups is 2. The molecule has 7 nitrogen and oxygen atoms in total. The van der Waals surface area contributed by atoms with E-state index >= 15 is 0 Å². The summed E-state index contributed by atoms with van der Waals surface area (Å²) in [4.78, 5) is 43.8. The maximum Gasteiger partial charge on any atom is 0.251 e. The largest absolute Gasteiger partial charge is 0.369 e. The summed E-state index contributed by atoms with van der Waals surface area (Å²) in [5.41, 5.74) is 5.86. The second kappa shape index (κ2) is 8.14. The molecular weight excluding hydrogens is 316 g/mol. The van der Waals surface area contributed by atoms with Crippen LogP contribution in [0.15, 0.2) is 16.0 Å². The number of rotatable bonds is 6. The second-order valence-corrected chi connectivity index (χ2v) is 6.63. The molecule has 1 aliphatic rings. The Morgan fingerprint density at radius 1 is 1.52 bits per heavy atom. The van der Waals surface area contributed by atoms with Crippen LogP contribution < -0.4 is 11.3 Å². The first-order chi connectivity index (χ1) is 11.0. The van der Waals surface area contributed by atoms with Crippen molar-refractivity contribution in [3.8, 4) is 0 Å². The summed E-state index contributed by atoms with van der Waals surface area (Å²) in [6.07, 6.45) is 3.16. The number of aromatic amines is 1. The van der Waals surface area contributed by atoms with Crippen LogP contribution in [0.3, 0.4) is 0 Å². The van der Waals surface area contributed by atoms with Crippen LogP contribution in [0.25, 0.3) is 0 Å². The molecule has 0 spiro atoms. The van der Waals surface area contributed by atoms with Crippen LogP contribution >= 0.6 is 11.8 Å². The number of piperidine rings is 1. The van der Waals surface area contributed by atoms with Gasteiger partial charge in [-0.2, -0.15) is 0 Å². The van der Waals surface area contributed by atoms with E-state index in [-0.39, 0.29) is 29.0 Å². The SMILES string of the molecule is CCCc1cc(=O)[nH]c(SCC(=O)N2CCC[C@@H](C(N)=O)C2)n1.